The third-order valence-corrected chi connectivity index (χ3v) is 8.53. The predicted octanol–water partition coefficient (Wildman–Crippen LogP) is 7.81. The molecular weight excluding hydrogens is 578 g/mol. The fourth-order valence-corrected chi connectivity index (χ4v) is 6.47. The van der Waals surface area contributed by atoms with Crippen molar-refractivity contribution in [3.63, 3.8) is 0 Å². The smallest absolute Gasteiger partial charge is 0.493 e. The van der Waals surface area contributed by atoms with Gasteiger partial charge in [-0.15, -0.1) is 0 Å². The highest BCUT2D eigenvalue weighted by Gasteiger charge is 2.25. The molecule has 6 aromatic rings. The monoisotopic (exact) mass is 613 g/mol. The van der Waals surface area contributed by atoms with Crippen LogP contribution in [0.3, 0.4) is 0 Å². The minimum Gasteiger partial charge on any atom is -0.493 e. The van der Waals surface area contributed by atoms with E-state index in [9.17, 15) is 9.90 Å². The van der Waals surface area contributed by atoms with Gasteiger partial charge in [0.15, 0.2) is 0 Å². The van der Waals surface area contributed by atoms with Crippen LogP contribution in [0.2, 0.25) is 0 Å². The number of aromatic nitrogens is 2. The number of morpholine rings is 1. The van der Waals surface area contributed by atoms with Crippen molar-refractivity contribution in [3.8, 4) is 22.8 Å². The Labute approximate surface area is 267 Å². The van der Waals surface area contributed by atoms with E-state index in [0.29, 0.717) is 45.1 Å². The minimum atomic E-state index is -1.35. The van der Waals surface area contributed by atoms with E-state index in [2.05, 4.69) is 64.5 Å². The van der Waals surface area contributed by atoms with Crippen molar-refractivity contribution < 1.29 is 24.1 Å². The van der Waals surface area contributed by atoms with E-state index in [-0.39, 0.29) is 0 Å². The van der Waals surface area contributed by atoms with Crippen molar-refractivity contribution in [2.75, 3.05) is 37.8 Å². The summed E-state index contributed by atoms with van der Waals surface area (Å²) < 4.78 is 19.6. The van der Waals surface area contributed by atoms with Crippen LogP contribution in [0.25, 0.3) is 32.8 Å². The topological polar surface area (TPSA) is 86.0 Å². The normalized spacial score (nSPS) is 13.3. The summed E-state index contributed by atoms with van der Waals surface area (Å²) in [7, 11) is 0. The number of nitrogens with zero attached hydrogens (tertiary/aromatic N) is 3. The number of aryl methyl sites for hydroxylation is 1. The van der Waals surface area contributed by atoms with Gasteiger partial charge in [-0.2, -0.15) is 0 Å². The number of fused-ring (bicyclic) bond motifs is 2. The molecule has 3 heterocycles. The first kappa shape index (κ1) is 29.4. The Morgan fingerprint density at radius 3 is 2.39 bits per heavy atom. The summed E-state index contributed by atoms with van der Waals surface area (Å²) >= 11 is 0. The molecule has 1 aliphatic rings. The molecule has 0 atom stereocenters. The average Bonchev–Trinajstić information content (AvgIpc) is 3.38. The van der Waals surface area contributed by atoms with E-state index < -0.39 is 6.16 Å². The quantitative estimate of drug-likeness (QED) is 0.125. The van der Waals surface area contributed by atoms with Crippen LogP contribution in [0, 0.1) is 0 Å². The van der Waals surface area contributed by atoms with Crippen LogP contribution >= 0.6 is 0 Å². The highest BCUT2D eigenvalue weighted by Crippen LogP contribution is 2.42. The van der Waals surface area contributed by atoms with Gasteiger partial charge < -0.3 is 28.8 Å². The molecule has 4 aromatic carbocycles. The van der Waals surface area contributed by atoms with Gasteiger partial charge in [0.2, 0.25) is 5.88 Å². The van der Waals surface area contributed by atoms with Crippen molar-refractivity contribution in [1.29, 1.82) is 0 Å². The second-order valence-electron chi connectivity index (χ2n) is 11.3. The maximum Gasteiger partial charge on any atom is 0.512 e. The summed E-state index contributed by atoms with van der Waals surface area (Å²) in [5, 5.41) is 13.1. The summed E-state index contributed by atoms with van der Waals surface area (Å²) in [6.07, 6.45) is 3.39. The Morgan fingerprint density at radius 1 is 0.826 bits per heavy atom. The number of hydrogen-bond acceptors (Lipinski definition) is 6. The third-order valence-electron chi connectivity index (χ3n) is 8.53. The maximum absolute atomic E-state index is 12.2. The molecule has 1 fully saturated rings. The van der Waals surface area contributed by atoms with E-state index in [0.717, 1.165) is 68.5 Å². The Hall–Kier alpha value is -5.34. The lowest BCUT2D eigenvalue weighted by Crippen LogP contribution is -2.36. The molecule has 0 aliphatic carbocycles. The van der Waals surface area contributed by atoms with Gasteiger partial charge in [0.1, 0.15) is 5.75 Å². The summed E-state index contributed by atoms with van der Waals surface area (Å²) in [6, 6.07) is 32.7. The number of para-hydroxylation sites is 2. The maximum atomic E-state index is 12.2. The summed E-state index contributed by atoms with van der Waals surface area (Å²) in [5.41, 5.74) is 5.99. The molecule has 1 N–H and O–H groups in total. The molecular formula is C38H35N3O5. The molecule has 0 amide bonds. The molecule has 1 aliphatic heterocycles. The van der Waals surface area contributed by atoms with Gasteiger partial charge in [-0.3, -0.25) is 4.98 Å². The van der Waals surface area contributed by atoms with Crippen molar-refractivity contribution in [1.82, 2.24) is 9.55 Å². The van der Waals surface area contributed by atoms with Crippen LogP contribution in [-0.4, -0.2) is 53.7 Å². The largest absolute Gasteiger partial charge is 0.512 e. The number of carboxylic acid groups (broad SMARTS) is 1. The lowest BCUT2D eigenvalue weighted by atomic mass is 9.98. The van der Waals surface area contributed by atoms with Crippen LogP contribution in [0.1, 0.15) is 17.5 Å². The molecule has 0 radical (unpaired) electrons. The van der Waals surface area contributed by atoms with Crippen molar-refractivity contribution in [2.24, 2.45) is 0 Å². The Kier molecular flexibility index (Phi) is 8.52. The van der Waals surface area contributed by atoms with E-state index in [1.165, 1.54) is 0 Å². The van der Waals surface area contributed by atoms with E-state index in [1.54, 1.807) is 12.4 Å². The first-order valence-corrected chi connectivity index (χ1v) is 15.6. The number of anilines is 1. The molecule has 0 bridgehead atoms. The summed E-state index contributed by atoms with van der Waals surface area (Å²) in [4.78, 5) is 18.7. The Balaban J connectivity index is 1.31. The van der Waals surface area contributed by atoms with E-state index in [1.807, 2.05) is 47.0 Å². The SMILES string of the molecule is O=C(O)Oc1c(CCCOc2cccc3ccccc23)c2cccc(-c3ccccc3N3CCOCC3)c2n1Cc1ccncc1. The van der Waals surface area contributed by atoms with Crippen LogP contribution < -0.4 is 14.4 Å². The molecule has 0 saturated carbocycles. The van der Waals surface area contributed by atoms with Crippen molar-refractivity contribution >= 4 is 33.5 Å². The molecule has 0 unspecified atom stereocenters. The number of hydrogen-bond donors (Lipinski definition) is 1. The average molecular weight is 614 g/mol. The second kappa shape index (κ2) is 13.3. The summed E-state index contributed by atoms with van der Waals surface area (Å²) in [6.45, 7) is 3.86. The molecule has 8 nitrogen and oxygen atoms in total. The zero-order valence-corrected chi connectivity index (χ0v) is 25.5. The van der Waals surface area contributed by atoms with Gasteiger partial charge in [0.25, 0.3) is 0 Å². The predicted molar refractivity (Wildman–Crippen MR) is 180 cm³/mol. The fraction of sp³-hybridized carbons (Fsp3) is 0.211. The molecule has 0 spiro atoms. The van der Waals surface area contributed by atoms with Crippen LogP contribution in [0.15, 0.2) is 109 Å². The molecule has 46 heavy (non-hydrogen) atoms. The summed E-state index contributed by atoms with van der Waals surface area (Å²) in [5.74, 6) is 1.17. The van der Waals surface area contributed by atoms with Crippen molar-refractivity contribution in [3.05, 3.63) is 121 Å². The number of ether oxygens (including phenoxy) is 3. The van der Waals surface area contributed by atoms with Gasteiger partial charge >= 0.3 is 6.16 Å². The second-order valence-corrected chi connectivity index (χ2v) is 11.3. The number of benzene rings is 4. The fourth-order valence-electron chi connectivity index (χ4n) is 6.47. The number of carbonyl (C=O) groups is 1. The highest BCUT2D eigenvalue weighted by molar-refractivity contribution is 6.01. The first-order chi connectivity index (χ1) is 22.7. The van der Waals surface area contributed by atoms with E-state index in [4.69, 9.17) is 14.2 Å². The van der Waals surface area contributed by atoms with Crippen LogP contribution in [-0.2, 0) is 17.7 Å². The lowest BCUT2D eigenvalue weighted by Gasteiger charge is -2.31. The van der Waals surface area contributed by atoms with E-state index >= 15 is 0 Å². The van der Waals surface area contributed by atoms with Gasteiger partial charge in [-0.25, -0.2) is 4.79 Å². The van der Waals surface area contributed by atoms with Gasteiger partial charge in [-0.1, -0.05) is 72.8 Å². The molecule has 2 aromatic heterocycles. The van der Waals surface area contributed by atoms with Gasteiger partial charge in [0, 0.05) is 58.6 Å². The first-order valence-electron chi connectivity index (χ1n) is 15.6. The third kappa shape index (κ3) is 5.99. The van der Waals surface area contributed by atoms with Gasteiger partial charge in [0.05, 0.1) is 31.9 Å². The molecule has 232 valence electrons. The number of rotatable bonds is 10. The van der Waals surface area contributed by atoms with Crippen LogP contribution in [0.4, 0.5) is 10.5 Å². The molecule has 1 saturated heterocycles. The number of pyridine rings is 1. The van der Waals surface area contributed by atoms with Gasteiger partial charge in [-0.05, 0) is 48.1 Å². The van der Waals surface area contributed by atoms with Crippen molar-refractivity contribution in [2.45, 2.75) is 19.4 Å². The molecule has 8 heteroatoms. The highest BCUT2D eigenvalue weighted by atomic mass is 16.7. The zero-order chi connectivity index (χ0) is 31.3. The zero-order valence-electron chi connectivity index (χ0n) is 25.5. The molecule has 7 rings (SSSR count). The minimum absolute atomic E-state index is 0.334. The van der Waals surface area contributed by atoms with Crippen LogP contribution in [0.5, 0.6) is 11.6 Å². The lowest BCUT2D eigenvalue weighted by molar-refractivity contribution is 0.123. The Bertz CT molecular complexity index is 1980. The standard InChI is InChI=1S/C38H35N3O5/c42-38(43)46-37-33(14-7-23-45-35-16-5-9-28-8-1-2-10-29(28)35)32-13-6-12-31(36(32)41(37)26-27-17-19-39-20-18-27)30-11-3-4-15-34(30)40-21-24-44-25-22-40/h1-6,8-13,15-20H,7,14,21-26H2,(H,42,43). The Morgan fingerprint density at radius 2 is 1.54 bits per heavy atom.